The van der Waals surface area contributed by atoms with Crippen LogP contribution in [0.25, 0.3) is 33.6 Å². The van der Waals surface area contributed by atoms with Gasteiger partial charge in [-0.15, -0.1) is 0 Å². The van der Waals surface area contributed by atoms with E-state index in [0.717, 1.165) is 33.8 Å². The van der Waals surface area contributed by atoms with E-state index in [1.807, 2.05) is 59.4 Å². The van der Waals surface area contributed by atoms with Crippen molar-refractivity contribution in [2.24, 2.45) is 0 Å². The molecule has 2 aliphatic rings. The molecule has 1 N–H and O–H groups in total. The van der Waals surface area contributed by atoms with Gasteiger partial charge in [0.2, 0.25) is 0 Å². The van der Waals surface area contributed by atoms with Crippen LogP contribution in [0.15, 0.2) is 67.0 Å². The van der Waals surface area contributed by atoms with Gasteiger partial charge in [-0.3, -0.25) is 0 Å². The number of hydrogen-bond donors (Lipinski definition) is 1. The van der Waals surface area contributed by atoms with E-state index in [0.29, 0.717) is 12.1 Å². The number of benzene rings is 2. The number of ether oxygens (including phenoxy) is 1. The summed E-state index contributed by atoms with van der Waals surface area (Å²) >= 11 is 0. The van der Waals surface area contributed by atoms with Crippen molar-refractivity contribution in [1.82, 2.24) is 9.55 Å². The highest BCUT2D eigenvalue weighted by molar-refractivity contribution is 5.75. The molecular weight excluding hydrogens is 343 g/mol. The Morgan fingerprint density at radius 1 is 0.963 bits per heavy atom. The second-order valence-corrected chi connectivity index (χ2v) is 6.31. The minimum absolute atomic E-state index is 0.0712. The predicted molar refractivity (Wildman–Crippen MR) is 103 cm³/mol. The van der Waals surface area contributed by atoms with Crippen LogP contribution >= 0.6 is 0 Å². The first-order valence-corrected chi connectivity index (χ1v) is 8.69. The van der Waals surface area contributed by atoms with Gasteiger partial charge in [0.1, 0.15) is 11.6 Å². The van der Waals surface area contributed by atoms with Crippen LogP contribution in [-0.2, 0) is 6.54 Å². The van der Waals surface area contributed by atoms with E-state index in [2.05, 4.69) is 4.98 Å². The van der Waals surface area contributed by atoms with Gasteiger partial charge < -0.3 is 14.4 Å². The molecule has 2 aromatic rings. The third kappa shape index (κ3) is 3.41. The normalized spacial score (nSPS) is 11.1. The summed E-state index contributed by atoms with van der Waals surface area (Å²) in [5.74, 6) is 0.446. The van der Waals surface area contributed by atoms with Crippen LogP contribution in [0.5, 0.6) is 5.75 Å². The molecule has 0 amide bonds. The lowest BCUT2D eigenvalue weighted by Crippen LogP contribution is -2.02. The monoisotopic (exact) mass is 362 g/mol. The quantitative estimate of drug-likeness (QED) is 0.570. The molecule has 4 nitrogen and oxygen atoms in total. The molecule has 0 spiro atoms. The van der Waals surface area contributed by atoms with Gasteiger partial charge in [-0.25, -0.2) is 9.37 Å². The standard InChI is InChI=1S/C22H19FN2O2/c1-27-18-5-2-15(3-6-18)19-7-4-16(12-20(19)23)21-13-17-8-9-25(10-11-26)14-22(17)24-21/h2-9,12-14,26H,10-11H2,1H3. The summed E-state index contributed by atoms with van der Waals surface area (Å²) in [5, 5.41) is 9.06. The molecule has 0 bridgehead atoms. The molecule has 0 radical (unpaired) electrons. The number of nitrogens with zero attached hydrogens (tertiary/aromatic N) is 2. The van der Waals surface area contributed by atoms with Crippen molar-refractivity contribution in [2.75, 3.05) is 13.7 Å². The second kappa shape index (κ2) is 7.21. The van der Waals surface area contributed by atoms with Crippen LogP contribution < -0.4 is 4.74 Å². The fourth-order valence-electron chi connectivity index (χ4n) is 3.14. The van der Waals surface area contributed by atoms with E-state index in [-0.39, 0.29) is 12.4 Å². The Morgan fingerprint density at radius 2 is 1.70 bits per heavy atom. The zero-order chi connectivity index (χ0) is 18.8. The molecule has 4 rings (SSSR count). The Bertz CT molecular complexity index is 1040. The number of hydrogen-bond acceptors (Lipinski definition) is 3. The van der Waals surface area contributed by atoms with E-state index < -0.39 is 0 Å². The van der Waals surface area contributed by atoms with E-state index in [1.54, 1.807) is 13.2 Å². The van der Waals surface area contributed by atoms with Crippen LogP contribution in [-0.4, -0.2) is 28.4 Å². The molecule has 0 aliphatic carbocycles. The van der Waals surface area contributed by atoms with Crippen molar-refractivity contribution in [2.45, 2.75) is 6.54 Å². The number of rotatable bonds is 5. The molecule has 0 saturated carbocycles. The Kier molecular flexibility index (Phi) is 4.60. The van der Waals surface area contributed by atoms with E-state index >= 15 is 0 Å². The first-order chi connectivity index (χ1) is 13.2. The van der Waals surface area contributed by atoms with Gasteiger partial charge in [0.25, 0.3) is 0 Å². The number of aromatic nitrogens is 2. The van der Waals surface area contributed by atoms with Crippen molar-refractivity contribution < 1.29 is 14.2 Å². The third-order valence-electron chi connectivity index (χ3n) is 4.59. The van der Waals surface area contributed by atoms with E-state index in [9.17, 15) is 4.39 Å². The molecule has 2 aliphatic heterocycles. The molecule has 2 aromatic carbocycles. The average Bonchev–Trinajstić information content (AvgIpc) is 3.12. The SMILES string of the molecule is COc1ccc(-c2ccc(-c3cc4ccn(CCO)cc-4n3)cc2F)cc1. The number of aliphatic hydroxyl groups is 1. The molecule has 0 saturated heterocycles. The lowest BCUT2D eigenvalue weighted by molar-refractivity contribution is 0.276. The third-order valence-corrected chi connectivity index (χ3v) is 4.59. The second-order valence-electron chi connectivity index (χ2n) is 6.31. The number of fused-ring (bicyclic) bond motifs is 1. The summed E-state index contributed by atoms with van der Waals surface area (Å²) in [6.45, 7) is 0.588. The summed E-state index contributed by atoms with van der Waals surface area (Å²) in [6.07, 6.45) is 3.79. The highest BCUT2D eigenvalue weighted by atomic mass is 19.1. The van der Waals surface area contributed by atoms with E-state index in [1.165, 1.54) is 6.07 Å². The van der Waals surface area contributed by atoms with Crippen molar-refractivity contribution in [1.29, 1.82) is 0 Å². The molecule has 5 heteroatoms. The number of halogens is 1. The molecule has 0 atom stereocenters. The van der Waals surface area contributed by atoms with Gasteiger partial charge in [-0.05, 0) is 35.9 Å². The lowest BCUT2D eigenvalue weighted by atomic mass is 10.0. The van der Waals surface area contributed by atoms with Crippen molar-refractivity contribution in [3.05, 3.63) is 72.8 Å². The highest BCUT2D eigenvalue weighted by Gasteiger charge is 2.13. The van der Waals surface area contributed by atoms with Crippen molar-refractivity contribution >= 4 is 0 Å². The predicted octanol–water partition coefficient (Wildman–Crippen LogP) is 4.46. The summed E-state index contributed by atoms with van der Waals surface area (Å²) in [7, 11) is 1.60. The molecular formula is C22H19FN2O2. The zero-order valence-electron chi connectivity index (χ0n) is 14.9. The maximum atomic E-state index is 14.7. The molecule has 2 heterocycles. The van der Waals surface area contributed by atoms with Crippen LogP contribution in [0.3, 0.4) is 0 Å². The maximum absolute atomic E-state index is 14.7. The van der Waals surface area contributed by atoms with Gasteiger partial charge in [-0.1, -0.05) is 24.3 Å². The van der Waals surface area contributed by atoms with Crippen LogP contribution in [0.1, 0.15) is 0 Å². The largest absolute Gasteiger partial charge is 0.497 e. The number of pyridine rings is 1. The molecule has 0 fully saturated rings. The first-order valence-electron chi connectivity index (χ1n) is 8.69. The van der Waals surface area contributed by atoms with E-state index in [4.69, 9.17) is 9.84 Å². The van der Waals surface area contributed by atoms with Crippen molar-refractivity contribution in [3.8, 4) is 39.4 Å². The van der Waals surface area contributed by atoms with Crippen LogP contribution in [0.4, 0.5) is 4.39 Å². The maximum Gasteiger partial charge on any atom is 0.131 e. The molecule has 0 unspecified atom stereocenters. The first kappa shape index (κ1) is 17.2. The summed E-state index contributed by atoms with van der Waals surface area (Å²) in [6, 6.07) is 16.4. The average molecular weight is 362 g/mol. The fraction of sp³-hybridized carbons (Fsp3) is 0.136. The Labute approximate surface area is 156 Å². The van der Waals surface area contributed by atoms with Gasteiger partial charge >= 0.3 is 0 Å². The van der Waals surface area contributed by atoms with Gasteiger partial charge in [0.05, 0.1) is 25.1 Å². The summed E-state index contributed by atoms with van der Waals surface area (Å²) in [5.41, 5.74) is 4.60. The Morgan fingerprint density at radius 3 is 2.41 bits per heavy atom. The molecule has 136 valence electrons. The smallest absolute Gasteiger partial charge is 0.131 e. The highest BCUT2D eigenvalue weighted by Crippen LogP contribution is 2.32. The summed E-state index contributed by atoms with van der Waals surface area (Å²) in [4.78, 5) is 4.61. The van der Waals surface area contributed by atoms with Crippen LogP contribution in [0.2, 0.25) is 0 Å². The minimum atomic E-state index is -0.292. The lowest BCUT2D eigenvalue weighted by Gasteiger charge is -2.07. The summed E-state index contributed by atoms with van der Waals surface area (Å²) < 4.78 is 21.8. The minimum Gasteiger partial charge on any atom is -0.497 e. The van der Waals surface area contributed by atoms with Gasteiger partial charge in [0, 0.05) is 35.6 Å². The zero-order valence-corrected chi connectivity index (χ0v) is 14.9. The molecule has 0 aromatic heterocycles. The Hall–Kier alpha value is -3.18. The number of aliphatic hydroxyl groups excluding tert-OH is 1. The van der Waals surface area contributed by atoms with Crippen LogP contribution in [0, 0.1) is 5.82 Å². The fourth-order valence-corrected chi connectivity index (χ4v) is 3.14. The molecule has 27 heavy (non-hydrogen) atoms. The number of methoxy groups -OCH3 is 1. The topological polar surface area (TPSA) is 47.3 Å². The Balaban J connectivity index is 1.67. The van der Waals surface area contributed by atoms with Gasteiger partial charge in [0.15, 0.2) is 0 Å². The van der Waals surface area contributed by atoms with Crippen molar-refractivity contribution in [3.63, 3.8) is 0 Å². The van der Waals surface area contributed by atoms with Gasteiger partial charge in [-0.2, -0.15) is 0 Å².